The molecule has 0 amide bonds. The van der Waals surface area contributed by atoms with E-state index in [1.54, 1.807) is 36.4 Å². The monoisotopic (exact) mass is 392 g/mol. The van der Waals surface area contributed by atoms with Crippen LogP contribution in [0.1, 0.15) is 39.2 Å². The number of nitrogens with zero attached hydrogens (tertiary/aromatic N) is 2. The maximum Gasteiger partial charge on any atom is 0.315 e. The van der Waals surface area contributed by atoms with Crippen LogP contribution in [0.15, 0.2) is 16.9 Å². The van der Waals surface area contributed by atoms with Gasteiger partial charge in [0.15, 0.2) is 0 Å². The number of halogens is 1. The number of rotatable bonds is 5. The summed E-state index contributed by atoms with van der Waals surface area (Å²) >= 11 is 6.22. The van der Waals surface area contributed by atoms with Gasteiger partial charge in [0.1, 0.15) is 11.3 Å². The highest BCUT2D eigenvalue weighted by molar-refractivity contribution is 6.31. The molecule has 1 aliphatic heterocycles. The second-order valence-corrected chi connectivity index (χ2v) is 7.45. The average Bonchev–Trinajstić information content (AvgIpc) is 2.93. The molecule has 6 nitrogen and oxygen atoms in total. The molecule has 0 saturated carbocycles. The topological polar surface area (TPSA) is 62.5 Å². The number of aromatic nitrogens is 2. The van der Waals surface area contributed by atoms with Crippen LogP contribution in [0.3, 0.4) is 0 Å². The highest BCUT2D eigenvalue weighted by Crippen LogP contribution is 2.40. The Labute approximate surface area is 163 Å². The minimum absolute atomic E-state index is 0.170. The number of carbonyl (C=O) groups excluding carboxylic acids is 1. The third-order valence-corrected chi connectivity index (χ3v) is 5.06. The Hall–Kier alpha value is -2.21. The summed E-state index contributed by atoms with van der Waals surface area (Å²) in [6.07, 6.45) is 2.51. The maximum atomic E-state index is 13.3. The smallest absolute Gasteiger partial charge is 0.315 e. The molecule has 0 N–H and O–H groups in total. The van der Waals surface area contributed by atoms with Gasteiger partial charge in [0.2, 0.25) is 5.88 Å². The fraction of sp³-hybridized carbons (Fsp3) is 0.500. The largest absolute Gasteiger partial charge is 0.496 e. The summed E-state index contributed by atoms with van der Waals surface area (Å²) in [5, 5.41) is 0.539. The molecule has 0 fully saturated rings. The van der Waals surface area contributed by atoms with Gasteiger partial charge in [-0.1, -0.05) is 32.4 Å². The van der Waals surface area contributed by atoms with E-state index in [0.29, 0.717) is 47.3 Å². The van der Waals surface area contributed by atoms with Crippen LogP contribution in [-0.2, 0) is 24.3 Å². The van der Waals surface area contributed by atoms with Crippen molar-refractivity contribution >= 4 is 17.6 Å². The fourth-order valence-corrected chi connectivity index (χ4v) is 3.66. The van der Waals surface area contributed by atoms with Crippen molar-refractivity contribution in [3.63, 3.8) is 0 Å². The molecule has 27 heavy (non-hydrogen) atoms. The van der Waals surface area contributed by atoms with Crippen LogP contribution in [-0.4, -0.2) is 22.4 Å². The lowest BCUT2D eigenvalue weighted by Crippen LogP contribution is -2.28. The lowest BCUT2D eigenvalue weighted by atomic mass is 9.98. The summed E-state index contributed by atoms with van der Waals surface area (Å²) < 4.78 is 14.7. The Morgan fingerprint density at radius 2 is 1.85 bits per heavy atom. The van der Waals surface area contributed by atoms with E-state index < -0.39 is 0 Å². The predicted molar refractivity (Wildman–Crippen MR) is 105 cm³/mol. The molecule has 1 aromatic heterocycles. The van der Waals surface area contributed by atoms with Crippen LogP contribution in [0, 0.1) is 5.92 Å². The number of methoxy groups -OCH3 is 1. The minimum atomic E-state index is -0.367. The van der Waals surface area contributed by atoms with Crippen molar-refractivity contribution in [1.82, 2.24) is 9.36 Å². The van der Waals surface area contributed by atoms with Gasteiger partial charge < -0.3 is 9.47 Å². The summed E-state index contributed by atoms with van der Waals surface area (Å²) in [6, 6.07) is 3.51. The highest BCUT2D eigenvalue weighted by atomic mass is 35.5. The zero-order valence-electron chi connectivity index (χ0n) is 16.2. The van der Waals surface area contributed by atoms with E-state index >= 15 is 0 Å². The Kier molecular flexibility index (Phi) is 5.65. The lowest BCUT2D eigenvalue weighted by molar-refractivity contribution is -0.138. The van der Waals surface area contributed by atoms with Crippen LogP contribution in [0.2, 0.25) is 5.02 Å². The Bertz CT molecular complexity index is 902. The van der Waals surface area contributed by atoms with E-state index in [0.717, 1.165) is 18.4 Å². The van der Waals surface area contributed by atoms with Crippen molar-refractivity contribution in [2.24, 2.45) is 5.92 Å². The minimum Gasteiger partial charge on any atom is -0.496 e. The lowest BCUT2D eigenvalue weighted by Gasteiger charge is -2.19. The third kappa shape index (κ3) is 3.50. The molecule has 0 atom stereocenters. The van der Waals surface area contributed by atoms with Crippen LogP contribution < -0.4 is 15.0 Å². The molecule has 0 bridgehead atoms. The standard InChI is InChI=1S/C20H25ClN2O4/c1-5-13-10-14(21)11-15(26-4)16(13)17-18(24)22-8-6-7-9-23(22)19(17)27-20(25)12(2)3/h10-12H,5-9H2,1-4H3. The molecule has 0 spiro atoms. The zero-order chi connectivity index (χ0) is 19.7. The average molecular weight is 393 g/mol. The van der Waals surface area contributed by atoms with Crippen LogP contribution in [0.5, 0.6) is 11.6 Å². The predicted octanol–water partition coefficient (Wildman–Crippen LogP) is 3.90. The van der Waals surface area contributed by atoms with Gasteiger partial charge in [0.05, 0.1) is 13.0 Å². The number of ether oxygens (including phenoxy) is 2. The second-order valence-electron chi connectivity index (χ2n) is 7.01. The van der Waals surface area contributed by atoms with Gasteiger partial charge in [-0.25, -0.2) is 4.68 Å². The quantitative estimate of drug-likeness (QED) is 0.724. The maximum absolute atomic E-state index is 13.3. The Morgan fingerprint density at radius 3 is 2.44 bits per heavy atom. The second kappa shape index (κ2) is 7.80. The molecular formula is C20H25ClN2O4. The number of carbonyl (C=O) groups is 1. The highest BCUT2D eigenvalue weighted by Gasteiger charge is 2.30. The Morgan fingerprint density at radius 1 is 1.19 bits per heavy atom. The summed E-state index contributed by atoms with van der Waals surface area (Å²) in [7, 11) is 1.54. The van der Waals surface area contributed by atoms with E-state index in [4.69, 9.17) is 21.1 Å². The van der Waals surface area contributed by atoms with Gasteiger partial charge in [-0.05, 0) is 37.0 Å². The first-order valence-electron chi connectivity index (χ1n) is 9.31. The number of hydrogen-bond donors (Lipinski definition) is 0. The summed E-state index contributed by atoms with van der Waals surface area (Å²) in [5.74, 6) is 0.134. The number of hydrogen-bond acceptors (Lipinski definition) is 4. The summed E-state index contributed by atoms with van der Waals surface area (Å²) in [6.45, 7) is 6.76. The van der Waals surface area contributed by atoms with E-state index in [2.05, 4.69) is 0 Å². The molecular weight excluding hydrogens is 368 g/mol. The van der Waals surface area contributed by atoms with Crippen molar-refractivity contribution in [3.05, 3.63) is 33.1 Å². The van der Waals surface area contributed by atoms with E-state index in [1.165, 1.54) is 0 Å². The van der Waals surface area contributed by atoms with Crippen molar-refractivity contribution in [3.8, 4) is 22.8 Å². The number of aryl methyl sites for hydroxylation is 1. The first-order chi connectivity index (χ1) is 12.9. The number of fused-ring (bicyclic) bond motifs is 1. The van der Waals surface area contributed by atoms with Crippen LogP contribution >= 0.6 is 11.6 Å². The molecule has 0 saturated heterocycles. The Balaban J connectivity index is 2.32. The first-order valence-corrected chi connectivity index (χ1v) is 9.68. The third-order valence-electron chi connectivity index (χ3n) is 4.85. The van der Waals surface area contributed by atoms with E-state index in [1.807, 2.05) is 13.0 Å². The van der Waals surface area contributed by atoms with Crippen molar-refractivity contribution in [2.45, 2.75) is 53.1 Å². The summed E-state index contributed by atoms with van der Waals surface area (Å²) in [4.78, 5) is 25.6. The molecule has 2 aromatic rings. The molecule has 2 heterocycles. The van der Waals surface area contributed by atoms with Crippen LogP contribution in [0.25, 0.3) is 11.1 Å². The normalized spacial score (nSPS) is 13.6. The van der Waals surface area contributed by atoms with Gasteiger partial charge in [0, 0.05) is 23.7 Å². The number of benzene rings is 1. The first kappa shape index (κ1) is 19.5. The molecule has 1 aliphatic rings. The van der Waals surface area contributed by atoms with Gasteiger partial charge in [0.25, 0.3) is 5.56 Å². The van der Waals surface area contributed by atoms with Gasteiger partial charge in [-0.2, -0.15) is 0 Å². The fourth-order valence-electron chi connectivity index (χ4n) is 3.43. The van der Waals surface area contributed by atoms with Gasteiger partial charge in [-0.3, -0.25) is 14.3 Å². The van der Waals surface area contributed by atoms with E-state index in [-0.39, 0.29) is 17.4 Å². The van der Waals surface area contributed by atoms with Crippen molar-refractivity contribution in [2.75, 3.05) is 7.11 Å². The molecule has 1 aromatic carbocycles. The summed E-state index contributed by atoms with van der Waals surface area (Å²) in [5.41, 5.74) is 1.73. The molecule has 0 radical (unpaired) electrons. The number of esters is 1. The molecule has 3 rings (SSSR count). The zero-order valence-corrected chi connectivity index (χ0v) is 16.9. The molecule has 0 aliphatic carbocycles. The van der Waals surface area contributed by atoms with Gasteiger partial charge >= 0.3 is 5.97 Å². The van der Waals surface area contributed by atoms with Crippen molar-refractivity contribution in [1.29, 1.82) is 0 Å². The van der Waals surface area contributed by atoms with Gasteiger partial charge in [-0.15, -0.1) is 0 Å². The van der Waals surface area contributed by atoms with Crippen LogP contribution in [0.4, 0.5) is 0 Å². The molecule has 146 valence electrons. The van der Waals surface area contributed by atoms with E-state index in [9.17, 15) is 9.59 Å². The molecule has 0 unspecified atom stereocenters. The van der Waals surface area contributed by atoms with Crippen molar-refractivity contribution < 1.29 is 14.3 Å². The SMILES string of the molecule is CCc1cc(Cl)cc(OC)c1-c1c(OC(=O)C(C)C)n2n(c1=O)CCCC2. The molecule has 7 heteroatoms.